The molecular weight excluding hydrogens is 334 g/mol. The van der Waals surface area contributed by atoms with E-state index in [1.54, 1.807) is 4.90 Å². The van der Waals surface area contributed by atoms with Crippen molar-refractivity contribution in [3.05, 3.63) is 16.1 Å². The van der Waals surface area contributed by atoms with Crippen LogP contribution in [0.2, 0.25) is 0 Å². The van der Waals surface area contributed by atoms with Gasteiger partial charge in [-0.1, -0.05) is 13.8 Å². The van der Waals surface area contributed by atoms with Crippen LogP contribution in [-0.2, 0) is 16.4 Å². The molecule has 0 radical (unpaired) electrons. The second kappa shape index (κ2) is 7.72. The van der Waals surface area contributed by atoms with Gasteiger partial charge in [0.2, 0.25) is 10.0 Å². The van der Waals surface area contributed by atoms with Crippen LogP contribution >= 0.6 is 11.3 Å². The summed E-state index contributed by atoms with van der Waals surface area (Å²) in [5.74, 6) is 0.419. The van der Waals surface area contributed by atoms with Gasteiger partial charge >= 0.3 is 0 Å². The smallest absolute Gasteiger partial charge is 0.273 e. The van der Waals surface area contributed by atoms with Crippen molar-refractivity contribution in [3.8, 4) is 0 Å². The maximum absolute atomic E-state index is 12.7. The molecule has 1 aliphatic rings. The van der Waals surface area contributed by atoms with E-state index in [9.17, 15) is 13.2 Å². The second-order valence-electron chi connectivity index (χ2n) is 6.49. The second-order valence-corrected chi connectivity index (χ2v) is 9.27. The van der Waals surface area contributed by atoms with Crippen molar-refractivity contribution in [2.24, 2.45) is 5.92 Å². The van der Waals surface area contributed by atoms with Crippen LogP contribution in [0, 0.1) is 5.92 Å². The molecule has 1 atom stereocenters. The molecule has 1 unspecified atom stereocenters. The van der Waals surface area contributed by atoms with Gasteiger partial charge in [0.1, 0.15) is 5.69 Å². The minimum absolute atomic E-state index is 0.0868. The van der Waals surface area contributed by atoms with Gasteiger partial charge in [-0.15, -0.1) is 11.3 Å². The summed E-state index contributed by atoms with van der Waals surface area (Å²) >= 11 is 1.52. The minimum Gasteiger partial charge on any atom is -0.333 e. The van der Waals surface area contributed by atoms with Gasteiger partial charge in [0.15, 0.2) is 0 Å². The molecule has 2 rings (SSSR count). The van der Waals surface area contributed by atoms with Gasteiger partial charge in [-0.2, -0.15) is 0 Å². The van der Waals surface area contributed by atoms with Crippen LogP contribution in [-0.4, -0.2) is 49.6 Å². The van der Waals surface area contributed by atoms with Crippen LogP contribution in [0.4, 0.5) is 0 Å². The lowest BCUT2D eigenvalue weighted by Crippen LogP contribution is -2.49. The van der Waals surface area contributed by atoms with Crippen molar-refractivity contribution in [2.75, 3.05) is 19.3 Å². The number of rotatable bonds is 6. The van der Waals surface area contributed by atoms with Crippen molar-refractivity contribution in [2.45, 2.75) is 45.6 Å². The predicted molar refractivity (Wildman–Crippen MR) is 92.2 cm³/mol. The number of aromatic nitrogens is 1. The van der Waals surface area contributed by atoms with Crippen molar-refractivity contribution >= 4 is 27.3 Å². The van der Waals surface area contributed by atoms with Gasteiger partial charge in [-0.05, 0) is 25.2 Å². The van der Waals surface area contributed by atoms with Crippen molar-refractivity contribution < 1.29 is 13.2 Å². The first-order valence-corrected chi connectivity index (χ1v) is 10.7. The number of likely N-dealkylation sites (tertiary alicyclic amines) is 1. The molecule has 0 saturated carbocycles. The van der Waals surface area contributed by atoms with E-state index in [1.807, 2.05) is 5.38 Å². The third-order valence-corrected chi connectivity index (χ3v) is 5.39. The van der Waals surface area contributed by atoms with Gasteiger partial charge in [0, 0.05) is 30.9 Å². The largest absolute Gasteiger partial charge is 0.333 e. The Morgan fingerprint density at radius 1 is 1.48 bits per heavy atom. The van der Waals surface area contributed by atoms with Crippen LogP contribution in [0.3, 0.4) is 0 Å². The van der Waals surface area contributed by atoms with Crippen molar-refractivity contribution in [3.63, 3.8) is 0 Å². The molecule has 1 fully saturated rings. The molecule has 130 valence electrons. The SMILES string of the molecule is CC(C)Cc1nc(C(=O)N2CCCCC2CNS(C)(=O)=O)cs1. The van der Waals surface area contributed by atoms with E-state index in [0.29, 0.717) is 18.2 Å². The number of piperidine rings is 1. The lowest BCUT2D eigenvalue weighted by Gasteiger charge is -2.35. The van der Waals surface area contributed by atoms with E-state index in [1.165, 1.54) is 11.3 Å². The topological polar surface area (TPSA) is 79.4 Å². The average molecular weight is 360 g/mol. The highest BCUT2D eigenvalue weighted by molar-refractivity contribution is 7.88. The van der Waals surface area contributed by atoms with Crippen LogP contribution < -0.4 is 4.72 Å². The molecular formula is C15H25N3O3S2. The summed E-state index contributed by atoms with van der Waals surface area (Å²) in [6.45, 7) is 5.18. The Labute approximate surface area is 142 Å². The molecule has 1 aromatic heterocycles. The third kappa shape index (κ3) is 5.54. The Balaban J connectivity index is 2.06. The highest BCUT2D eigenvalue weighted by atomic mass is 32.2. The fourth-order valence-electron chi connectivity index (χ4n) is 2.73. The molecule has 1 aromatic rings. The zero-order valence-electron chi connectivity index (χ0n) is 13.9. The summed E-state index contributed by atoms with van der Waals surface area (Å²) < 4.78 is 25.1. The first kappa shape index (κ1) is 18.4. The monoisotopic (exact) mass is 359 g/mol. The molecule has 2 heterocycles. The molecule has 0 aromatic carbocycles. The molecule has 6 nitrogen and oxygen atoms in total. The third-order valence-electron chi connectivity index (χ3n) is 3.82. The fraction of sp³-hybridized carbons (Fsp3) is 0.733. The molecule has 0 aliphatic carbocycles. The standard InChI is InChI=1S/C15H25N3O3S2/c1-11(2)8-14-17-13(10-22-14)15(19)18-7-5-4-6-12(18)9-16-23(3,20)21/h10-12,16H,4-9H2,1-3H3. The molecule has 1 saturated heterocycles. The molecule has 1 amide bonds. The maximum atomic E-state index is 12.7. The quantitative estimate of drug-likeness (QED) is 0.841. The van der Waals surface area contributed by atoms with Crippen LogP contribution in [0.25, 0.3) is 0 Å². The number of carbonyl (C=O) groups is 1. The Morgan fingerprint density at radius 2 is 2.22 bits per heavy atom. The highest BCUT2D eigenvalue weighted by Gasteiger charge is 2.29. The number of amides is 1. The van der Waals surface area contributed by atoms with Gasteiger partial charge in [-0.3, -0.25) is 4.79 Å². The van der Waals surface area contributed by atoms with Gasteiger partial charge in [0.25, 0.3) is 5.91 Å². The lowest BCUT2D eigenvalue weighted by molar-refractivity contribution is 0.0613. The zero-order chi connectivity index (χ0) is 17.0. The highest BCUT2D eigenvalue weighted by Crippen LogP contribution is 2.21. The first-order chi connectivity index (χ1) is 10.8. The molecule has 8 heteroatoms. The molecule has 1 aliphatic heterocycles. The number of nitrogens with zero attached hydrogens (tertiary/aromatic N) is 2. The number of sulfonamides is 1. The summed E-state index contributed by atoms with van der Waals surface area (Å²) in [5, 5.41) is 2.79. The average Bonchev–Trinajstić information content (AvgIpc) is 2.91. The van der Waals surface area contributed by atoms with Gasteiger partial charge < -0.3 is 4.90 Å². The number of nitrogens with one attached hydrogen (secondary N) is 1. The van der Waals surface area contributed by atoms with Crippen LogP contribution in [0.5, 0.6) is 0 Å². The Bertz CT molecular complexity index is 640. The molecule has 0 bridgehead atoms. The molecule has 23 heavy (non-hydrogen) atoms. The number of hydrogen-bond donors (Lipinski definition) is 1. The maximum Gasteiger partial charge on any atom is 0.273 e. The van der Waals surface area contributed by atoms with E-state index in [0.717, 1.165) is 36.9 Å². The van der Waals surface area contributed by atoms with Gasteiger partial charge in [-0.25, -0.2) is 18.1 Å². The Hall–Kier alpha value is -0.990. The van der Waals surface area contributed by atoms with Gasteiger partial charge in [0.05, 0.1) is 11.3 Å². The first-order valence-electron chi connectivity index (χ1n) is 7.96. The van der Waals surface area contributed by atoms with E-state index in [4.69, 9.17) is 0 Å². The van der Waals surface area contributed by atoms with E-state index in [2.05, 4.69) is 23.6 Å². The lowest BCUT2D eigenvalue weighted by atomic mass is 10.0. The Morgan fingerprint density at radius 3 is 2.87 bits per heavy atom. The van der Waals surface area contributed by atoms with E-state index in [-0.39, 0.29) is 18.5 Å². The number of hydrogen-bond acceptors (Lipinski definition) is 5. The van der Waals surface area contributed by atoms with Crippen LogP contribution in [0.15, 0.2) is 5.38 Å². The van der Waals surface area contributed by atoms with E-state index < -0.39 is 10.0 Å². The summed E-state index contributed by atoms with van der Waals surface area (Å²) in [6.07, 6.45) is 4.79. The summed E-state index contributed by atoms with van der Waals surface area (Å²) in [4.78, 5) is 19.0. The minimum atomic E-state index is -3.25. The zero-order valence-corrected chi connectivity index (χ0v) is 15.5. The normalized spacial score (nSPS) is 19.3. The summed E-state index contributed by atoms with van der Waals surface area (Å²) in [5.41, 5.74) is 0.483. The fourth-order valence-corrected chi connectivity index (χ4v) is 4.20. The van der Waals surface area contributed by atoms with E-state index >= 15 is 0 Å². The summed E-state index contributed by atoms with van der Waals surface area (Å²) in [6, 6.07) is -0.0961. The molecule has 1 N–H and O–H groups in total. The van der Waals surface area contributed by atoms with Crippen molar-refractivity contribution in [1.82, 2.24) is 14.6 Å². The Kier molecular flexibility index (Phi) is 6.16. The van der Waals surface area contributed by atoms with Crippen LogP contribution in [0.1, 0.15) is 48.6 Å². The number of carbonyl (C=O) groups excluding carboxylic acids is 1. The molecule has 0 spiro atoms. The summed E-state index contributed by atoms with van der Waals surface area (Å²) in [7, 11) is -3.25. The van der Waals surface area contributed by atoms with Crippen molar-refractivity contribution in [1.29, 1.82) is 0 Å². The predicted octanol–water partition coefficient (Wildman–Crippen LogP) is 1.89. The number of thiazole rings is 1.